The van der Waals surface area contributed by atoms with Crippen LogP contribution in [-0.2, 0) is 9.63 Å². The number of aliphatic imine (C=N–C) groups is 1. The highest BCUT2D eigenvalue weighted by Crippen LogP contribution is 2.17. The van der Waals surface area contributed by atoms with Gasteiger partial charge in [-0.25, -0.2) is 4.98 Å². The fourth-order valence-corrected chi connectivity index (χ4v) is 3.78. The Morgan fingerprint density at radius 3 is 2.77 bits per heavy atom. The van der Waals surface area contributed by atoms with Crippen LogP contribution in [0.3, 0.4) is 0 Å². The highest BCUT2D eigenvalue weighted by Gasteiger charge is 2.15. The molecule has 0 aliphatic carbocycles. The van der Waals surface area contributed by atoms with Crippen LogP contribution in [0.25, 0.3) is 5.57 Å². The maximum absolute atomic E-state index is 11.2. The number of hydrogen-bond donors (Lipinski definition) is 4. The monoisotopic (exact) mass is 499 g/mol. The number of anilines is 1. The lowest BCUT2D eigenvalue weighted by Gasteiger charge is -2.27. The molecule has 3 rings (SSSR count). The van der Waals surface area contributed by atoms with Crippen LogP contribution in [0, 0.1) is 5.92 Å². The number of allylic oxidation sites excluding steroid dienone is 1. The number of benzene rings is 1. The average molecular weight is 500 g/mol. The largest absolute Gasteiger partial charge is 0.490 e. The summed E-state index contributed by atoms with van der Waals surface area (Å²) < 4.78 is 5.70. The first-order valence-corrected chi connectivity index (χ1v) is 12.4. The lowest BCUT2D eigenvalue weighted by molar-refractivity contribution is -0.102. The van der Waals surface area contributed by atoms with E-state index >= 15 is 0 Å². The van der Waals surface area contributed by atoms with Crippen molar-refractivity contribution < 1.29 is 14.4 Å². The molecule has 35 heavy (non-hydrogen) atoms. The third kappa shape index (κ3) is 9.12. The van der Waals surface area contributed by atoms with Crippen molar-refractivity contribution in [3.05, 3.63) is 47.1 Å². The maximum atomic E-state index is 11.2. The summed E-state index contributed by atoms with van der Waals surface area (Å²) >= 11 is 1.23. The van der Waals surface area contributed by atoms with E-state index in [1.165, 1.54) is 11.3 Å². The van der Waals surface area contributed by atoms with Gasteiger partial charge in [-0.05, 0) is 36.6 Å². The topological polar surface area (TPSA) is 135 Å². The number of carbonyl (C=O) groups excluding carboxylic acids is 1. The van der Waals surface area contributed by atoms with E-state index in [0.29, 0.717) is 22.9 Å². The number of nitrogens with one attached hydrogen (secondary N) is 3. The molecule has 188 valence electrons. The molecule has 10 nitrogen and oxygen atoms in total. The van der Waals surface area contributed by atoms with Gasteiger partial charge in [0.2, 0.25) is 0 Å². The maximum Gasteiger partial charge on any atom is 0.180 e. The average Bonchev–Trinajstić information content (AvgIpc) is 3.27. The van der Waals surface area contributed by atoms with Gasteiger partial charge >= 0.3 is 0 Å². The summed E-state index contributed by atoms with van der Waals surface area (Å²) in [5.74, 6) is 1.49. The van der Waals surface area contributed by atoms with E-state index in [9.17, 15) is 4.79 Å². The van der Waals surface area contributed by atoms with Crippen LogP contribution in [-0.4, -0.2) is 76.2 Å². The van der Waals surface area contributed by atoms with Gasteiger partial charge in [-0.2, -0.15) is 0 Å². The predicted octanol–water partition coefficient (Wildman–Crippen LogP) is 1.55. The fourth-order valence-electron chi connectivity index (χ4n) is 3.22. The molecule has 1 fully saturated rings. The standard InChI is InChI=1S/C24H33N7O3S/c1-26-14-20(15-28-8-2-7-27-11-18-12-29-13-18)19-3-5-21(6-4-19)33-9-10-34-31-22(16-32)23-17-35-24(25)30-23/h3-6,14-18,27-29H,2,7-13H2,1H3,(H2,25,30)/b20-15+,26-14?,31-22+. The van der Waals surface area contributed by atoms with E-state index in [-0.39, 0.29) is 18.9 Å². The molecule has 0 atom stereocenters. The summed E-state index contributed by atoms with van der Waals surface area (Å²) in [6, 6.07) is 7.75. The van der Waals surface area contributed by atoms with E-state index in [0.717, 1.165) is 56.2 Å². The van der Waals surface area contributed by atoms with Gasteiger partial charge in [0.05, 0.1) is 0 Å². The summed E-state index contributed by atoms with van der Waals surface area (Å²) in [5, 5.41) is 16.0. The molecular weight excluding hydrogens is 466 g/mol. The molecule has 1 aromatic carbocycles. The lowest BCUT2D eigenvalue weighted by Crippen LogP contribution is -2.47. The van der Waals surface area contributed by atoms with Crippen molar-refractivity contribution in [2.75, 3.05) is 58.7 Å². The van der Waals surface area contributed by atoms with Gasteiger partial charge in [0, 0.05) is 56.6 Å². The van der Waals surface area contributed by atoms with Crippen molar-refractivity contribution in [2.24, 2.45) is 16.1 Å². The Balaban J connectivity index is 1.38. The molecule has 0 spiro atoms. The van der Waals surface area contributed by atoms with Crippen LogP contribution in [0.2, 0.25) is 0 Å². The highest BCUT2D eigenvalue weighted by molar-refractivity contribution is 7.13. The second-order valence-corrected chi connectivity index (χ2v) is 8.78. The summed E-state index contributed by atoms with van der Waals surface area (Å²) in [6.07, 6.45) is 5.46. The Hall–Kier alpha value is -3.28. The van der Waals surface area contributed by atoms with E-state index < -0.39 is 0 Å². The molecule has 2 aromatic rings. The second kappa shape index (κ2) is 14.9. The number of oxime groups is 1. The van der Waals surface area contributed by atoms with Crippen LogP contribution >= 0.6 is 11.3 Å². The molecule has 0 unspecified atom stereocenters. The minimum atomic E-state index is 0.0929. The second-order valence-electron chi connectivity index (χ2n) is 7.89. The number of aromatic nitrogens is 1. The normalized spacial score (nSPS) is 14.7. The van der Waals surface area contributed by atoms with Crippen LogP contribution < -0.4 is 26.4 Å². The van der Waals surface area contributed by atoms with Crippen LogP contribution in [0.4, 0.5) is 5.13 Å². The summed E-state index contributed by atoms with van der Waals surface area (Å²) in [5.41, 5.74) is 8.09. The smallest absolute Gasteiger partial charge is 0.180 e. The molecular formula is C24H33N7O3S. The number of thiazole rings is 1. The van der Waals surface area contributed by atoms with E-state index in [4.69, 9.17) is 15.3 Å². The molecule has 2 heterocycles. The molecule has 0 radical (unpaired) electrons. The van der Waals surface area contributed by atoms with Gasteiger partial charge in [-0.3, -0.25) is 9.79 Å². The molecule has 0 bridgehead atoms. The van der Waals surface area contributed by atoms with Crippen LogP contribution in [0.15, 0.2) is 46.0 Å². The number of rotatable bonds is 16. The predicted molar refractivity (Wildman–Crippen MR) is 141 cm³/mol. The van der Waals surface area contributed by atoms with Crippen molar-refractivity contribution in [3.63, 3.8) is 0 Å². The summed E-state index contributed by atoms with van der Waals surface area (Å²) in [7, 11) is 1.76. The third-order valence-corrected chi connectivity index (χ3v) is 5.86. The highest BCUT2D eigenvalue weighted by atomic mass is 32.1. The molecule has 0 saturated carbocycles. The molecule has 1 aromatic heterocycles. The van der Waals surface area contributed by atoms with Crippen LogP contribution in [0.1, 0.15) is 17.7 Å². The zero-order chi connectivity index (χ0) is 24.7. The number of aldehydes is 1. The minimum Gasteiger partial charge on any atom is -0.490 e. The lowest BCUT2D eigenvalue weighted by atomic mass is 10.0. The van der Waals surface area contributed by atoms with Crippen molar-refractivity contribution >= 4 is 40.3 Å². The SMILES string of the molecule is CN=C/C(=C\NCCCNCC1CNC1)c1ccc(OCCO/N=C(\C=O)c2csc(N)n2)cc1. The summed E-state index contributed by atoms with van der Waals surface area (Å²) in [4.78, 5) is 24.5. The van der Waals surface area contributed by atoms with Crippen molar-refractivity contribution in [2.45, 2.75) is 6.42 Å². The Labute approximate surface area is 209 Å². The van der Waals surface area contributed by atoms with E-state index in [1.807, 2.05) is 36.7 Å². The Morgan fingerprint density at radius 2 is 2.11 bits per heavy atom. The molecule has 1 aliphatic heterocycles. The Morgan fingerprint density at radius 1 is 1.29 bits per heavy atom. The third-order valence-electron chi connectivity index (χ3n) is 5.19. The zero-order valence-corrected chi connectivity index (χ0v) is 20.7. The fraction of sp³-hybridized carbons (Fsp3) is 0.417. The van der Waals surface area contributed by atoms with Gasteiger partial charge in [-0.1, -0.05) is 17.3 Å². The van der Waals surface area contributed by atoms with E-state index in [1.54, 1.807) is 12.4 Å². The van der Waals surface area contributed by atoms with Crippen molar-refractivity contribution in [1.29, 1.82) is 0 Å². The first-order valence-electron chi connectivity index (χ1n) is 11.6. The number of nitrogen functional groups attached to an aromatic ring is 1. The molecule has 0 amide bonds. The number of nitrogens with zero attached hydrogens (tertiary/aromatic N) is 3. The first kappa shape index (κ1) is 26.3. The van der Waals surface area contributed by atoms with Crippen molar-refractivity contribution in [3.8, 4) is 5.75 Å². The number of hydrogen-bond acceptors (Lipinski definition) is 11. The number of nitrogens with two attached hydrogens (primary N) is 1. The van der Waals surface area contributed by atoms with Gasteiger partial charge in [-0.15, -0.1) is 11.3 Å². The Bertz CT molecular complexity index is 1000. The first-order chi connectivity index (χ1) is 17.2. The quantitative estimate of drug-likeness (QED) is 0.118. The van der Waals surface area contributed by atoms with E-state index in [2.05, 4.69) is 31.1 Å². The minimum absolute atomic E-state index is 0.0929. The molecule has 11 heteroatoms. The number of ether oxygens (including phenoxy) is 1. The van der Waals surface area contributed by atoms with Gasteiger partial charge in [0.1, 0.15) is 18.1 Å². The van der Waals surface area contributed by atoms with Gasteiger partial charge in [0.25, 0.3) is 0 Å². The summed E-state index contributed by atoms with van der Waals surface area (Å²) in [6.45, 7) is 5.71. The number of carbonyl (C=O) groups is 1. The molecule has 1 aliphatic rings. The van der Waals surface area contributed by atoms with Gasteiger partial charge < -0.3 is 31.3 Å². The molecule has 1 saturated heterocycles. The van der Waals surface area contributed by atoms with Crippen molar-refractivity contribution in [1.82, 2.24) is 20.9 Å². The van der Waals surface area contributed by atoms with Gasteiger partial charge in [0.15, 0.2) is 23.7 Å². The Kier molecular flexibility index (Phi) is 11.2. The zero-order valence-electron chi connectivity index (χ0n) is 19.9. The molecule has 5 N–H and O–H groups in total. The van der Waals surface area contributed by atoms with Crippen LogP contribution in [0.5, 0.6) is 5.75 Å².